The summed E-state index contributed by atoms with van der Waals surface area (Å²) < 4.78 is 5.40. The third kappa shape index (κ3) is 8.89. The second-order valence-corrected chi connectivity index (χ2v) is 8.90. The van der Waals surface area contributed by atoms with Crippen LogP contribution in [0.5, 0.6) is 5.75 Å². The average Bonchev–Trinajstić information content (AvgIpc) is 2.93. The number of carbonyl (C=O) groups is 4. The van der Waals surface area contributed by atoms with Gasteiger partial charge in [0.2, 0.25) is 5.91 Å². The highest BCUT2D eigenvalue weighted by Gasteiger charge is 2.17. The number of hydrogen-bond donors (Lipinski definition) is 6. The van der Waals surface area contributed by atoms with Gasteiger partial charge in [0.25, 0.3) is 0 Å². The monoisotopic (exact) mass is 548 g/mol. The number of carboxylic acids is 1. The number of aryl methyl sites for hydroxylation is 1. The summed E-state index contributed by atoms with van der Waals surface area (Å²) >= 11 is 0. The lowest BCUT2D eigenvalue weighted by Crippen LogP contribution is -2.32. The molecule has 0 bridgehead atoms. The average molecular weight is 549 g/mol. The second-order valence-electron chi connectivity index (χ2n) is 8.90. The van der Waals surface area contributed by atoms with Crippen molar-refractivity contribution in [3.8, 4) is 5.75 Å². The van der Waals surface area contributed by atoms with E-state index in [0.29, 0.717) is 28.3 Å². The van der Waals surface area contributed by atoms with Crippen LogP contribution in [0.15, 0.2) is 60.8 Å². The van der Waals surface area contributed by atoms with Crippen molar-refractivity contribution in [3.05, 3.63) is 77.5 Å². The fourth-order valence-corrected chi connectivity index (χ4v) is 3.79. The van der Waals surface area contributed by atoms with Crippen LogP contribution in [0.25, 0.3) is 0 Å². The molecule has 12 heteroatoms. The number of aliphatic carboxylic acids is 1. The summed E-state index contributed by atoms with van der Waals surface area (Å²) in [4.78, 5) is 52.1. The van der Waals surface area contributed by atoms with Crippen LogP contribution in [0.3, 0.4) is 0 Å². The number of nitrogens with zero attached hydrogens (tertiary/aromatic N) is 1. The maximum atomic E-state index is 12.6. The van der Waals surface area contributed by atoms with E-state index >= 15 is 0 Å². The zero-order valence-electron chi connectivity index (χ0n) is 22.2. The molecule has 1 unspecified atom stereocenters. The van der Waals surface area contributed by atoms with Gasteiger partial charge in [-0.25, -0.2) is 9.78 Å². The van der Waals surface area contributed by atoms with E-state index < -0.39 is 18.0 Å². The molecule has 0 aliphatic heterocycles. The number of aromatic nitrogens is 1. The van der Waals surface area contributed by atoms with Gasteiger partial charge in [0.05, 0.1) is 38.7 Å². The molecule has 0 saturated carbocycles. The molecule has 0 spiro atoms. The first-order chi connectivity index (χ1) is 19.2. The number of carbonyl (C=O) groups excluding carboxylic acids is 3. The Labute approximate surface area is 231 Å². The first-order valence-electron chi connectivity index (χ1n) is 12.4. The van der Waals surface area contributed by atoms with Crippen molar-refractivity contribution in [1.82, 2.24) is 10.3 Å². The lowest BCUT2D eigenvalue weighted by atomic mass is 10.1. The van der Waals surface area contributed by atoms with E-state index in [2.05, 4.69) is 26.3 Å². The van der Waals surface area contributed by atoms with Gasteiger partial charge >= 0.3 is 12.0 Å². The minimum atomic E-state index is -1.04. The lowest BCUT2D eigenvalue weighted by molar-refractivity contribution is -0.137. The Hall–Kier alpha value is -4.81. The molecule has 0 aliphatic carbocycles. The number of nitrogens with one attached hydrogen (secondary N) is 4. The minimum Gasteiger partial charge on any atom is -0.495 e. The van der Waals surface area contributed by atoms with Crippen molar-refractivity contribution >= 4 is 40.9 Å². The van der Waals surface area contributed by atoms with Crippen LogP contribution in [0, 0.1) is 6.92 Å². The third-order valence-corrected chi connectivity index (χ3v) is 5.88. The highest BCUT2D eigenvalue weighted by atomic mass is 16.5. The fourth-order valence-electron chi connectivity index (χ4n) is 3.79. The largest absolute Gasteiger partial charge is 0.495 e. The number of Topliss-reactive ketones (excluding diaryl/α,β-unsaturated/α-hetero) is 1. The number of urea groups is 1. The first-order valence-corrected chi connectivity index (χ1v) is 12.4. The summed E-state index contributed by atoms with van der Waals surface area (Å²) in [5.41, 5.74) is 8.54. The number of pyridine rings is 1. The number of anilines is 3. The Morgan fingerprint density at radius 3 is 2.40 bits per heavy atom. The standard InChI is InChI=1S/C28H32N6O6/c1-17-5-3-4-6-21(17)32-28(39)33-22-9-7-18(11-24(22)40-2)12-26(36)34-25-10-8-19(15-31-25)23(13-27(37)38)30-16-20(35)14-29/h3-11,15,23,30H,12-14,16,29H2,1-2H3,(H,37,38)(H,31,34,36)(H2,32,33,39). The molecule has 1 atom stereocenters. The first kappa shape index (κ1) is 29.7. The number of nitrogens with two attached hydrogens (primary N) is 1. The van der Waals surface area contributed by atoms with E-state index in [0.717, 1.165) is 5.56 Å². The van der Waals surface area contributed by atoms with Gasteiger partial charge in [-0.2, -0.15) is 0 Å². The molecule has 7 N–H and O–H groups in total. The number of ether oxygens (including phenoxy) is 1. The summed E-state index contributed by atoms with van der Waals surface area (Å²) in [6.07, 6.45) is 1.19. The molecular weight excluding hydrogens is 516 g/mol. The van der Waals surface area contributed by atoms with E-state index in [1.807, 2.05) is 25.1 Å². The highest BCUT2D eigenvalue weighted by molar-refractivity contribution is 6.01. The number of benzene rings is 2. The maximum Gasteiger partial charge on any atom is 0.323 e. The summed E-state index contributed by atoms with van der Waals surface area (Å²) in [5.74, 6) is -0.970. The topological polar surface area (TPSA) is 185 Å². The SMILES string of the molecule is COc1cc(CC(=O)Nc2ccc(C(CC(=O)O)NCC(=O)CN)cn2)ccc1NC(=O)Nc1ccccc1C. The van der Waals surface area contributed by atoms with E-state index in [4.69, 9.17) is 10.5 Å². The van der Waals surface area contributed by atoms with Crippen LogP contribution < -0.4 is 31.7 Å². The predicted octanol–water partition coefficient (Wildman–Crippen LogP) is 2.86. The Morgan fingerprint density at radius 1 is 1.00 bits per heavy atom. The van der Waals surface area contributed by atoms with Crippen molar-refractivity contribution in [2.24, 2.45) is 5.73 Å². The zero-order valence-corrected chi connectivity index (χ0v) is 22.2. The van der Waals surface area contributed by atoms with Gasteiger partial charge < -0.3 is 36.8 Å². The maximum absolute atomic E-state index is 12.6. The number of amides is 3. The quantitative estimate of drug-likeness (QED) is 0.187. The van der Waals surface area contributed by atoms with Crippen molar-refractivity contribution in [2.75, 3.05) is 36.1 Å². The van der Waals surface area contributed by atoms with Crippen molar-refractivity contribution < 1.29 is 29.0 Å². The van der Waals surface area contributed by atoms with E-state index in [1.54, 1.807) is 36.4 Å². The molecule has 2 aromatic carbocycles. The molecule has 1 aromatic heterocycles. The zero-order chi connectivity index (χ0) is 29.1. The van der Waals surface area contributed by atoms with Crippen LogP contribution in [0.2, 0.25) is 0 Å². The molecule has 40 heavy (non-hydrogen) atoms. The van der Waals surface area contributed by atoms with Gasteiger partial charge in [-0.1, -0.05) is 30.3 Å². The van der Waals surface area contributed by atoms with Crippen LogP contribution >= 0.6 is 0 Å². The van der Waals surface area contributed by atoms with E-state index in [1.165, 1.54) is 13.3 Å². The Balaban J connectivity index is 1.60. The predicted molar refractivity (Wildman–Crippen MR) is 150 cm³/mol. The van der Waals surface area contributed by atoms with Gasteiger partial charge in [-0.3, -0.25) is 14.4 Å². The molecule has 0 aliphatic rings. The molecule has 210 valence electrons. The minimum absolute atomic E-state index is 0.0138. The lowest BCUT2D eigenvalue weighted by Gasteiger charge is -2.17. The van der Waals surface area contributed by atoms with Gasteiger partial charge in [0.1, 0.15) is 11.6 Å². The number of hydrogen-bond acceptors (Lipinski definition) is 8. The molecular formula is C28H32N6O6. The Morgan fingerprint density at radius 2 is 1.75 bits per heavy atom. The number of methoxy groups -OCH3 is 1. The number of carboxylic acid groups (broad SMARTS) is 1. The molecule has 0 radical (unpaired) electrons. The van der Waals surface area contributed by atoms with Crippen LogP contribution in [0.4, 0.5) is 22.0 Å². The molecule has 1 heterocycles. The highest BCUT2D eigenvalue weighted by Crippen LogP contribution is 2.26. The molecule has 0 fully saturated rings. The Kier molecular flexibility index (Phi) is 10.7. The third-order valence-electron chi connectivity index (χ3n) is 5.88. The van der Waals surface area contributed by atoms with Crippen LogP contribution in [-0.4, -0.2) is 54.0 Å². The van der Waals surface area contributed by atoms with Gasteiger partial charge in [-0.05, 0) is 47.9 Å². The van der Waals surface area contributed by atoms with Crippen LogP contribution in [0.1, 0.15) is 29.2 Å². The second kappa shape index (κ2) is 14.4. The number of ketones is 1. The summed E-state index contributed by atoms with van der Waals surface area (Å²) in [7, 11) is 1.47. The summed E-state index contributed by atoms with van der Waals surface area (Å²) in [6, 6.07) is 14.5. The van der Waals surface area contributed by atoms with Gasteiger partial charge in [-0.15, -0.1) is 0 Å². The normalized spacial score (nSPS) is 11.3. The molecule has 3 aromatic rings. The summed E-state index contributed by atoms with van der Waals surface area (Å²) in [5, 5.41) is 20.3. The molecule has 3 rings (SSSR count). The Bertz CT molecular complexity index is 1360. The molecule has 3 amide bonds. The van der Waals surface area contributed by atoms with Crippen molar-refractivity contribution in [1.29, 1.82) is 0 Å². The fraction of sp³-hybridized carbons (Fsp3) is 0.250. The van der Waals surface area contributed by atoms with Gasteiger partial charge in [0.15, 0.2) is 5.78 Å². The van der Waals surface area contributed by atoms with Crippen molar-refractivity contribution in [3.63, 3.8) is 0 Å². The molecule has 12 nitrogen and oxygen atoms in total. The van der Waals surface area contributed by atoms with E-state index in [9.17, 15) is 24.3 Å². The molecule has 0 saturated heterocycles. The number of rotatable bonds is 13. The smallest absolute Gasteiger partial charge is 0.323 e. The van der Waals surface area contributed by atoms with Crippen LogP contribution in [-0.2, 0) is 20.8 Å². The number of para-hydroxylation sites is 1. The van der Waals surface area contributed by atoms with Gasteiger partial charge in [0, 0.05) is 17.9 Å². The summed E-state index contributed by atoms with van der Waals surface area (Å²) in [6.45, 7) is 1.67. The van der Waals surface area contributed by atoms with Crippen molar-refractivity contribution in [2.45, 2.75) is 25.8 Å². The van der Waals surface area contributed by atoms with E-state index in [-0.39, 0.29) is 43.4 Å².